The number of hydrogen-bond acceptors (Lipinski definition) is 4. The van der Waals surface area contributed by atoms with Crippen LogP contribution in [0.5, 0.6) is 0 Å². The summed E-state index contributed by atoms with van der Waals surface area (Å²) >= 11 is 0. The van der Waals surface area contributed by atoms with E-state index in [1.807, 2.05) is 35.2 Å². The van der Waals surface area contributed by atoms with Crippen molar-refractivity contribution in [1.29, 1.82) is 0 Å². The third-order valence-corrected chi connectivity index (χ3v) is 6.02. The Kier molecular flexibility index (Phi) is 4.79. The van der Waals surface area contributed by atoms with Gasteiger partial charge >= 0.3 is 5.97 Å². The topological polar surface area (TPSA) is 79.5 Å². The predicted octanol–water partition coefficient (Wildman–Crippen LogP) is 2.54. The van der Waals surface area contributed by atoms with Crippen molar-refractivity contribution >= 4 is 11.9 Å². The van der Waals surface area contributed by atoms with Crippen molar-refractivity contribution in [3.05, 3.63) is 70.1 Å². The van der Waals surface area contributed by atoms with Gasteiger partial charge in [-0.2, -0.15) is 0 Å². The summed E-state index contributed by atoms with van der Waals surface area (Å²) < 4.78 is 5.47. The summed E-state index contributed by atoms with van der Waals surface area (Å²) in [6, 6.07) is 14.2. The van der Waals surface area contributed by atoms with E-state index in [4.69, 9.17) is 4.74 Å². The molecular formula is C22H24N2O4. The molecule has 1 aromatic heterocycles. The lowest BCUT2D eigenvalue weighted by atomic mass is 9.70. The van der Waals surface area contributed by atoms with Crippen molar-refractivity contribution in [2.75, 3.05) is 6.61 Å². The van der Waals surface area contributed by atoms with E-state index in [2.05, 4.69) is 4.98 Å². The molecule has 2 aliphatic heterocycles. The molecule has 2 aliphatic rings. The van der Waals surface area contributed by atoms with Gasteiger partial charge in [0.2, 0.25) is 5.56 Å². The Labute approximate surface area is 163 Å². The molecule has 2 aromatic rings. The Bertz CT molecular complexity index is 939. The molecule has 0 aliphatic carbocycles. The standard InChI is InChI=1S/C22H24N2O4/c1-2-28-21(27)22(13-15-7-4-3-5-8-15)14-16-11-12-18(22)24(16)20(26)17-9-6-10-19(25)23-17/h3-10,16,18H,2,11-14H2,1H3,(H,23,25)/t16-,18+,22+/m1/s1. The second kappa shape index (κ2) is 7.26. The van der Waals surface area contributed by atoms with Gasteiger partial charge in [0.25, 0.3) is 5.91 Å². The summed E-state index contributed by atoms with van der Waals surface area (Å²) in [6.07, 6.45) is 2.76. The van der Waals surface area contributed by atoms with Crippen LogP contribution in [0.4, 0.5) is 0 Å². The maximum Gasteiger partial charge on any atom is 0.314 e. The number of hydrogen-bond donors (Lipinski definition) is 1. The van der Waals surface area contributed by atoms with Crippen molar-refractivity contribution in [2.24, 2.45) is 5.41 Å². The summed E-state index contributed by atoms with van der Waals surface area (Å²) in [7, 11) is 0. The van der Waals surface area contributed by atoms with Crippen molar-refractivity contribution in [3.8, 4) is 0 Å². The lowest BCUT2D eigenvalue weighted by Gasteiger charge is -2.35. The van der Waals surface area contributed by atoms with Gasteiger partial charge in [-0.15, -0.1) is 0 Å². The van der Waals surface area contributed by atoms with Crippen LogP contribution in [0.15, 0.2) is 53.3 Å². The number of rotatable bonds is 5. The first-order chi connectivity index (χ1) is 13.5. The van der Waals surface area contributed by atoms with Gasteiger partial charge in [0.15, 0.2) is 0 Å². The number of esters is 1. The molecule has 0 radical (unpaired) electrons. The molecule has 28 heavy (non-hydrogen) atoms. The van der Waals surface area contributed by atoms with Gasteiger partial charge in [-0.05, 0) is 44.2 Å². The number of carbonyl (C=O) groups is 2. The SMILES string of the molecule is CCOC(=O)[C@@]1(Cc2ccccc2)C[C@H]2CC[C@@H]1N2C(=O)c1cccc(=O)[nH]1. The largest absolute Gasteiger partial charge is 0.465 e. The Balaban J connectivity index is 1.70. The molecular weight excluding hydrogens is 356 g/mol. The van der Waals surface area contributed by atoms with E-state index in [0.717, 1.165) is 18.4 Å². The maximum atomic E-state index is 13.2. The van der Waals surface area contributed by atoms with Crippen LogP contribution in [-0.4, -0.2) is 40.5 Å². The maximum absolute atomic E-state index is 13.2. The highest BCUT2D eigenvalue weighted by Gasteiger charge is 2.62. The van der Waals surface area contributed by atoms with Gasteiger partial charge in [0, 0.05) is 18.2 Å². The normalized spacial score (nSPS) is 25.7. The Hall–Kier alpha value is -2.89. The van der Waals surface area contributed by atoms with E-state index in [1.165, 1.54) is 6.07 Å². The van der Waals surface area contributed by atoms with Crippen molar-refractivity contribution in [1.82, 2.24) is 9.88 Å². The fourth-order valence-corrected chi connectivity index (χ4v) is 4.92. The van der Waals surface area contributed by atoms with E-state index < -0.39 is 5.41 Å². The van der Waals surface area contributed by atoms with Crippen LogP contribution in [0.25, 0.3) is 0 Å². The summed E-state index contributed by atoms with van der Waals surface area (Å²) in [6.45, 7) is 2.12. The average molecular weight is 380 g/mol. The number of amides is 1. The van der Waals surface area contributed by atoms with Gasteiger partial charge in [-0.3, -0.25) is 14.4 Å². The average Bonchev–Trinajstić information content (AvgIpc) is 3.25. The molecule has 1 amide bonds. The summed E-state index contributed by atoms with van der Waals surface area (Å²) in [5.41, 5.74) is 0.274. The van der Waals surface area contributed by atoms with Gasteiger partial charge in [-0.25, -0.2) is 0 Å². The molecule has 3 heterocycles. The molecule has 146 valence electrons. The number of pyridine rings is 1. The molecule has 3 atom stereocenters. The molecule has 1 aromatic carbocycles. The molecule has 0 saturated carbocycles. The smallest absolute Gasteiger partial charge is 0.314 e. The van der Waals surface area contributed by atoms with Crippen LogP contribution in [0, 0.1) is 5.41 Å². The van der Waals surface area contributed by atoms with Crippen molar-refractivity contribution < 1.29 is 14.3 Å². The van der Waals surface area contributed by atoms with E-state index in [0.29, 0.717) is 19.4 Å². The van der Waals surface area contributed by atoms with Crippen LogP contribution in [0.2, 0.25) is 0 Å². The lowest BCUT2D eigenvalue weighted by molar-refractivity contribution is -0.157. The highest BCUT2D eigenvalue weighted by atomic mass is 16.5. The fourth-order valence-electron chi connectivity index (χ4n) is 4.92. The first-order valence-corrected chi connectivity index (χ1v) is 9.78. The number of aromatic amines is 1. The van der Waals surface area contributed by atoms with Gasteiger partial charge < -0.3 is 14.6 Å². The molecule has 0 unspecified atom stereocenters. The fraction of sp³-hybridized carbons (Fsp3) is 0.409. The minimum absolute atomic E-state index is 0.0191. The lowest BCUT2D eigenvalue weighted by Crippen LogP contribution is -2.47. The summed E-state index contributed by atoms with van der Waals surface area (Å²) in [5, 5.41) is 0. The van der Waals surface area contributed by atoms with Crippen LogP contribution in [0.3, 0.4) is 0 Å². The van der Waals surface area contributed by atoms with Crippen molar-refractivity contribution in [2.45, 2.75) is 44.7 Å². The van der Waals surface area contributed by atoms with Crippen LogP contribution in [0.1, 0.15) is 42.2 Å². The molecule has 1 N–H and O–H groups in total. The second-order valence-electron chi connectivity index (χ2n) is 7.63. The van der Waals surface area contributed by atoms with Crippen LogP contribution < -0.4 is 5.56 Å². The number of nitrogens with one attached hydrogen (secondary N) is 1. The quantitative estimate of drug-likeness (QED) is 0.809. The first kappa shape index (κ1) is 18.5. The molecule has 6 heteroatoms. The number of fused-ring (bicyclic) bond motifs is 2. The third-order valence-electron chi connectivity index (χ3n) is 6.02. The van der Waals surface area contributed by atoms with E-state index in [9.17, 15) is 14.4 Å². The Morgan fingerprint density at radius 3 is 2.64 bits per heavy atom. The zero-order valence-electron chi connectivity index (χ0n) is 15.9. The second-order valence-corrected chi connectivity index (χ2v) is 7.63. The summed E-state index contributed by atoms with van der Waals surface area (Å²) in [4.78, 5) is 42.4. The Morgan fingerprint density at radius 1 is 1.14 bits per heavy atom. The molecule has 2 fully saturated rings. The zero-order valence-corrected chi connectivity index (χ0v) is 15.9. The molecule has 4 rings (SSSR count). The van der Waals surface area contributed by atoms with E-state index >= 15 is 0 Å². The molecule has 2 bridgehead atoms. The highest BCUT2D eigenvalue weighted by molar-refractivity contribution is 5.94. The van der Waals surface area contributed by atoms with Crippen LogP contribution >= 0.6 is 0 Å². The number of benzene rings is 1. The highest BCUT2D eigenvalue weighted by Crippen LogP contribution is 2.52. The van der Waals surface area contributed by atoms with Gasteiger partial charge in [0.05, 0.1) is 12.0 Å². The molecule has 2 saturated heterocycles. The number of carbonyl (C=O) groups excluding carboxylic acids is 2. The third kappa shape index (κ3) is 3.03. The van der Waals surface area contributed by atoms with Gasteiger partial charge in [-0.1, -0.05) is 36.4 Å². The predicted molar refractivity (Wildman–Crippen MR) is 104 cm³/mol. The molecule has 0 spiro atoms. The number of H-pyrrole nitrogens is 1. The zero-order chi connectivity index (χ0) is 19.7. The van der Waals surface area contributed by atoms with Gasteiger partial charge in [0.1, 0.15) is 5.69 Å². The van der Waals surface area contributed by atoms with E-state index in [-0.39, 0.29) is 35.2 Å². The monoisotopic (exact) mass is 380 g/mol. The number of ether oxygens (including phenoxy) is 1. The number of aromatic nitrogens is 1. The van der Waals surface area contributed by atoms with Crippen LogP contribution in [-0.2, 0) is 16.0 Å². The van der Waals surface area contributed by atoms with Crippen molar-refractivity contribution in [3.63, 3.8) is 0 Å². The first-order valence-electron chi connectivity index (χ1n) is 9.78. The minimum atomic E-state index is -0.745. The Morgan fingerprint density at radius 2 is 1.93 bits per heavy atom. The van der Waals surface area contributed by atoms with E-state index in [1.54, 1.807) is 19.1 Å². The number of nitrogens with zero attached hydrogens (tertiary/aromatic N) is 1. The summed E-state index contributed by atoms with van der Waals surface area (Å²) in [5.74, 6) is -0.449. The minimum Gasteiger partial charge on any atom is -0.465 e. The molecule has 6 nitrogen and oxygen atoms in total.